The highest BCUT2D eigenvalue weighted by Crippen LogP contribution is 2.31. The fourth-order valence-corrected chi connectivity index (χ4v) is 4.12. The van der Waals surface area contributed by atoms with Gasteiger partial charge in [0, 0.05) is 11.3 Å². The third-order valence-electron chi connectivity index (χ3n) is 4.55. The van der Waals surface area contributed by atoms with Gasteiger partial charge in [0.25, 0.3) is 0 Å². The molecule has 4 rings (SSSR count). The quantitative estimate of drug-likeness (QED) is 0.326. The van der Waals surface area contributed by atoms with Gasteiger partial charge in [-0.15, -0.1) is 10.2 Å². The maximum atomic E-state index is 12.5. The fraction of sp³-hybridized carbons (Fsp3) is 0.0870. The molecule has 0 bridgehead atoms. The molecule has 3 aromatic carbocycles. The van der Waals surface area contributed by atoms with Crippen LogP contribution in [0.3, 0.4) is 0 Å². The van der Waals surface area contributed by atoms with Crippen molar-refractivity contribution in [2.45, 2.75) is 5.16 Å². The minimum Gasteiger partial charge on any atom is -0.497 e. The van der Waals surface area contributed by atoms with Gasteiger partial charge in [0.15, 0.2) is 11.0 Å². The minimum atomic E-state index is -0.232. The van der Waals surface area contributed by atoms with Crippen LogP contribution < -0.4 is 10.1 Å². The first-order chi connectivity index (χ1) is 15.6. The topological polar surface area (TPSA) is 69.0 Å². The summed E-state index contributed by atoms with van der Waals surface area (Å²) in [6.45, 7) is 0. The largest absolute Gasteiger partial charge is 0.497 e. The van der Waals surface area contributed by atoms with Crippen molar-refractivity contribution in [3.8, 4) is 22.8 Å². The average Bonchev–Trinajstić information content (AvgIpc) is 3.25. The Morgan fingerprint density at radius 3 is 2.47 bits per heavy atom. The van der Waals surface area contributed by atoms with E-state index in [1.165, 1.54) is 11.8 Å². The Kier molecular flexibility index (Phi) is 6.99. The van der Waals surface area contributed by atoms with Gasteiger partial charge < -0.3 is 10.1 Å². The number of nitrogens with zero attached hydrogens (tertiary/aromatic N) is 3. The molecular formula is C23H18Cl2N4O2S. The summed E-state index contributed by atoms with van der Waals surface area (Å²) in [5, 5.41) is 12.8. The lowest BCUT2D eigenvalue weighted by Crippen LogP contribution is -2.15. The highest BCUT2D eigenvalue weighted by Gasteiger charge is 2.18. The van der Waals surface area contributed by atoms with E-state index >= 15 is 0 Å². The van der Waals surface area contributed by atoms with Crippen LogP contribution in [0.15, 0.2) is 78.0 Å². The molecule has 32 heavy (non-hydrogen) atoms. The summed E-state index contributed by atoms with van der Waals surface area (Å²) in [4.78, 5) is 12.5. The van der Waals surface area contributed by atoms with E-state index in [0.717, 1.165) is 17.0 Å². The standard InChI is InChI=1S/C23H18Cl2N4O2S/c1-31-17-12-10-16(11-13-17)29-22(15-6-3-2-4-7-15)27-28-23(29)32-14-20(30)26-19-9-5-8-18(24)21(19)25/h2-13H,14H2,1H3,(H,26,30). The lowest BCUT2D eigenvalue weighted by molar-refractivity contribution is -0.113. The summed E-state index contributed by atoms with van der Waals surface area (Å²) in [5.41, 5.74) is 2.24. The summed E-state index contributed by atoms with van der Waals surface area (Å²) in [6, 6.07) is 22.4. The number of benzene rings is 3. The molecule has 0 aliphatic carbocycles. The van der Waals surface area contributed by atoms with Gasteiger partial charge in [-0.05, 0) is 36.4 Å². The number of hydrogen-bond acceptors (Lipinski definition) is 5. The van der Waals surface area contributed by atoms with Gasteiger partial charge in [0.05, 0.1) is 28.6 Å². The zero-order chi connectivity index (χ0) is 22.5. The number of methoxy groups -OCH3 is 1. The van der Waals surface area contributed by atoms with E-state index in [2.05, 4.69) is 15.5 Å². The maximum absolute atomic E-state index is 12.5. The number of ether oxygens (including phenoxy) is 1. The van der Waals surface area contributed by atoms with Crippen LogP contribution in [0.2, 0.25) is 10.0 Å². The Morgan fingerprint density at radius 1 is 1.00 bits per heavy atom. The number of halogens is 2. The predicted molar refractivity (Wildman–Crippen MR) is 129 cm³/mol. The zero-order valence-corrected chi connectivity index (χ0v) is 19.3. The van der Waals surface area contributed by atoms with E-state index in [1.807, 2.05) is 59.2 Å². The molecule has 6 nitrogen and oxygen atoms in total. The van der Waals surface area contributed by atoms with Crippen LogP contribution in [-0.2, 0) is 4.79 Å². The van der Waals surface area contributed by atoms with Gasteiger partial charge in [-0.1, -0.05) is 71.4 Å². The Balaban J connectivity index is 1.60. The number of hydrogen-bond donors (Lipinski definition) is 1. The van der Waals surface area contributed by atoms with E-state index in [4.69, 9.17) is 27.9 Å². The summed E-state index contributed by atoms with van der Waals surface area (Å²) in [7, 11) is 1.62. The van der Waals surface area contributed by atoms with Crippen molar-refractivity contribution in [2.75, 3.05) is 18.2 Å². The zero-order valence-electron chi connectivity index (χ0n) is 17.0. The van der Waals surface area contributed by atoms with E-state index < -0.39 is 0 Å². The molecule has 0 aliphatic heterocycles. The van der Waals surface area contributed by atoms with Crippen LogP contribution in [0, 0.1) is 0 Å². The lowest BCUT2D eigenvalue weighted by atomic mass is 10.2. The molecule has 0 radical (unpaired) electrons. The molecule has 0 unspecified atom stereocenters. The second-order valence-corrected chi connectivity index (χ2v) is 8.37. The Hall–Kier alpha value is -3.00. The molecule has 0 saturated carbocycles. The molecule has 0 aliphatic rings. The molecule has 0 atom stereocenters. The van der Waals surface area contributed by atoms with Crippen LogP contribution in [0.1, 0.15) is 0 Å². The van der Waals surface area contributed by atoms with E-state index in [0.29, 0.717) is 26.7 Å². The monoisotopic (exact) mass is 484 g/mol. The molecule has 162 valence electrons. The molecule has 1 amide bonds. The second kappa shape index (κ2) is 10.1. The summed E-state index contributed by atoms with van der Waals surface area (Å²) < 4.78 is 7.18. The summed E-state index contributed by atoms with van der Waals surface area (Å²) in [5.74, 6) is 1.31. The predicted octanol–water partition coefficient (Wildman–Crippen LogP) is 5.98. The van der Waals surface area contributed by atoms with E-state index in [9.17, 15) is 4.79 Å². The number of nitrogens with one attached hydrogen (secondary N) is 1. The van der Waals surface area contributed by atoms with Crippen LogP contribution in [0.5, 0.6) is 5.75 Å². The Bertz CT molecular complexity index is 1230. The number of amides is 1. The number of thioether (sulfide) groups is 1. The molecule has 0 saturated heterocycles. The van der Waals surface area contributed by atoms with Crippen LogP contribution >= 0.6 is 35.0 Å². The normalized spacial score (nSPS) is 10.7. The maximum Gasteiger partial charge on any atom is 0.234 e. The summed E-state index contributed by atoms with van der Waals surface area (Å²) in [6.07, 6.45) is 0. The second-order valence-electron chi connectivity index (χ2n) is 6.64. The van der Waals surface area contributed by atoms with Crippen molar-refractivity contribution in [3.05, 3.63) is 82.8 Å². The molecular weight excluding hydrogens is 467 g/mol. The molecule has 1 N–H and O–H groups in total. The molecule has 1 aromatic heterocycles. The van der Waals surface area contributed by atoms with Gasteiger partial charge >= 0.3 is 0 Å². The Labute approximate surface area is 199 Å². The van der Waals surface area contributed by atoms with Crippen molar-refractivity contribution in [1.82, 2.24) is 14.8 Å². The number of anilines is 1. The van der Waals surface area contributed by atoms with Gasteiger partial charge in [-0.25, -0.2) is 0 Å². The highest BCUT2D eigenvalue weighted by molar-refractivity contribution is 7.99. The van der Waals surface area contributed by atoms with Gasteiger partial charge in [0.2, 0.25) is 5.91 Å². The van der Waals surface area contributed by atoms with Crippen LogP contribution in [0.4, 0.5) is 5.69 Å². The van der Waals surface area contributed by atoms with Crippen molar-refractivity contribution < 1.29 is 9.53 Å². The summed E-state index contributed by atoms with van der Waals surface area (Å²) >= 11 is 13.5. The fourth-order valence-electron chi connectivity index (χ4n) is 3.02. The number of rotatable bonds is 7. The smallest absolute Gasteiger partial charge is 0.234 e. The third-order valence-corrected chi connectivity index (χ3v) is 6.30. The molecule has 0 fully saturated rings. The number of carbonyl (C=O) groups is 1. The number of aromatic nitrogens is 3. The van der Waals surface area contributed by atoms with Crippen molar-refractivity contribution >= 4 is 46.6 Å². The molecule has 9 heteroatoms. The van der Waals surface area contributed by atoms with Crippen molar-refractivity contribution in [1.29, 1.82) is 0 Å². The minimum absolute atomic E-state index is 0.117. The first-order valence-electron chi connectivity index (χ1n) is 9.58. The van der Waals surface area contributed by atoms with Crippen molar-refractivity contribution in [2.24, 2.45) is 0 Å². The Morgan fingerprint density at radius 2 is 1.75 bits per heavy atom. The first-order valence-corrected chi connectivity index (χ1v) is 11.3. The first kappa shape index (κ1) is 22.2. The van der Waals surface area contributed by atoms with Crippen molar-refractivity contribution in [3.63, 3.8) is 0 Å². The lowest BCUT2D eigenvalue weighted by Gasteiger charge is -2.11. The van der Waals surface area contributed by atoms with Crippen LogP contribution in [-0.4, -0.2) is 33.5 Å². The third kappa shape index (κ3) is 4.91. The van der Waals surface area contributed by atoms with Gasteiger partial charge in [-0.3, -0.25) is 9.36 Å². The van der Waals surface area contributed by atoms with Crippen LogP contribution in [0.25, 0.3) is 17.1 Å². The average molecular weight is 485 g/mol. The highest BCUT2D eigenvalue weighted by atomic mass is 35.5. The molecule has 4 aromatic rings. The van der Waals surface area contributed by atoms with E-state index in [1.54, 1.807) is 25.3 Å². The number of carbonyl (C=O) groups excluding carboxylic acids is 1. The van der Waals surface area contributed by atoms with Gasteiger partial charge in [0.1, 0.15) is 5.75 Å². The van der Waals surface area contributed by atoms with E-state index in [-0.39, 0.29) is 11.7 Å². The van der Waals surface area contributed by atoms with Gasteiger partial charge in [-0.2, -0.15) is 0 Å². The molecule has 1 heterocycles. The SMILES string of the molecule is COc1ccc(-n2c(SCC(=O)Nc3cccc(Cl)c3Cl)nnc2-c2ccccc2)cc1. The molecule has 0 spiro atoms.